The maximum atomic E-state index is 13.2. The molecular weight excluding hydrogens is 428 g/mol. The number of aryl methyl sites for hydroxylation is 1. The van der Waals surface area contributed by atoms with Crippen LogP contribution in [0.1, 0.15) is 50.3 Å². The molecule has 168 valence electrons. The molecule has 1 N–H and O–H groups in total. The van der Waals surface area contributed by atoms with Crippen molar-refractivity contribution in [1.82, 2.24) is 10.2 Å². The van der Waals surface area contributed by atoms with Gasteiger partial charge in [0, 0.05) is 23.4 Å². The molecule has 0 spiro atoms. The summed E-state index contributed by atoms with van der Waals surface area (Å²) in [7, 11) is 0. The second kappa shape index (κ2) is 12.8. The molecule has 0 saturated carbocycles. The van der Waals surface area contributed by atoms with E-state index in [2.05, 4.69) is 11.4 Å². The van der Waals surface area contributed by atoms with Crippen molar-refractivity contribution < 1.29 is 9.59 Å². The number of hydrogen-bond acceptors (Lipinski definition) is 3. The van der Waals surface area contributed by atoms with Crippen LogP contribution >= 0.6 is 23.4 Å². The minimum absolute atomic E-state index is 0.0281. The van der Waals surface area contributed by atoms with Crippen molar-refractivity contribution in [3.8, 4) is 0 Å². The summed E-state index contributed by atoms with van der Waals surface area (Å²) in [5, 5.41) is 3.74. The first-order chi connectivity index (χ1) is 14.8. The normalized spacial score (nSPS) is 12.8. The van der Waals surface area contributed by atoms with E-state index in [9.17, 15) is 9.59 Å². The van der Waals surface area contributed by atoms with Crippen LogP contribution in [0.25, 0.3) is 0 Å². The van der Waals surface area contributed by atoms with Gasteiger partial charge < -0.3 is 10.2 Å². The highest BCUT2D eigenvalue weighted by atomic mass is 35.5. The van der Waals surface area contributed by atoms with E-state index >= 15 is 0 Å². The number of hydrogen-bond donors (Lipinski definition) is 1. The fourth-order valence-corrected chi connectivity index (χ4v) is 4.40. The monoisotopic (exact) mass is 460 g/mol. The number of benzene rings is 2. The highest BCUT2D eigenvalue weighted by molar-refractivity contribution is 7.99. The molecule has 0 saturated heterocycles. The summed E-state index contributed by atoms with van der Waals surface area (Å²) in [5.41, 5.74) is 3.25. The predicted octanol–water partition coefficient (Wildman–Crippen LogP) is 5.60. The number of rotatable bonds is 11. The zero-order valence-corrected chi connectivity index (χ0v) is 20.4. The number of nitrogens with zero attached hydrogens (tertiary/aromatic N) is 1. The van der Waals surface area contributed by atoms with Crippen LogP contribution in [0.5, 0.6) is 0 Å². The van der Waals surface area contributed by atoms with Crippen molar-refractivity contribution in [1.29, 1.82) is 0 Å². The Morgan fingerprint density at radius 1 is 1.06 bits per heavy atom. The SMILES string of the molecule is CC[C@@H](C)NC(=O)[C@H](CC)N(Cc1cccc(C)c1)C(=O)CSCc1cccc(Cl)c1. The molecular formula is C25H33ClN2O2S. The standard InChI is InChI=1S/C25H33ClN2O2S/c1-5-19(4)27-25(30)23(6-2)28(15-20-10-7-9-18(3)13-20)24(29)17-31-16-21-11-8-12-22(26)14-21/h7-14,19,23H,5-6,15-17H2,1-4H3,(H,27,30)/t19-,23+/m1/s1. The van der Waals surface area contributed by atoms with Gasteiger partial charge in [0.15, 0.2) is 0 Å². The Kier molecular flexibility index (Phi) is 10.4. The second-order valence-corrected chi connectivity index (χ2v) is 9.30. The molecule has 2 atom stereocenters. The molecule has 0 aliphatic heterocycles. The van der Waals surface area contributed by atoms with E-state index in [0.717, 1.165) is 23.1 Å². The first kappa shape index (κ1) is 25.3. The lowest BCUT2D eigenvalue weighted by atomic mass is 10.1. The van der Waals surface area contributed by atoms with Gasteiger partial charge in [-0.25, -0.2) is 0 Å². The highest BCUT2D eigenvalue weighted by Gasteiger charge is 2.29. The van der Waals surface area contributed by atoms with Gasteiger partial charge in [0.05, 0.1) is 5.75 Å². The van der Waals surface area contributed by atoms with E-state index < -0.39 is 6.04 Å². The van der Waals surface area contributed by atoms with Crippen molar-refractivity contribution in [2.45, 2.75) is 64.9 Å². The fourth-order valence-electron chi connectivity index (χ4n) is 3.33. The van der Waals surface area contributed by atoms with E-state index in [-0.39, 0.29) is 17.9 Å². The van der Waals surface area contributed by atoms with Crippen molar-refractivity contribution in [3.63, 3.8) is 0 Å². The van der Waals surface area contributed by atoms with Gasteiger partial charge >= 0.3 is 0 Å². The number of carbonyl (C=O) groups excluding carboxylic acids is 2. The topological polar surface area (TPSA) is 49.4 Å². The molecule has 0 unspecified atom stereocenters. The maximum Gasteiger partial charge on any atom is 0.243 e. The van der Waals surface area contributed by atoms with E-state index in [1.54, 1.807) is 16.7 Å². The van der Waals surface area contributed by atoms with E-state index in [0.29, 0.717) is 29.5 Å². The predicted molar refractivity (Wildman–Crippen MR) is 131 cm³/mol. The Labute approximate surface area is 195 Å². The van der Waals surface area contributed by atoms with E-state index in [1.165, 1.54) is 0 Å². The summed E-state index contributed by atoms with van der Waals surface area (Å²) in [6.07, 6.45) is 1.42. The molecule has 0 aliphatic rings. The number of carbonyl (C=O) groups is 2. The molecule has 0 bridgehead atoms. The minimum Gasteiger partial charge on any atom is -0.352 e. The summed E-state index contributed by atoms with van der Waals surface area (Å²) >= 11 is 7.60. The lowest BCUT2D eigenvalue weighted by molar-refractivity contribution is -0.139. The Hall–Kier alpha value is -1.98. The van der Waals surface area contributed by atoms with Gasteiger partial charge in [0.2, 0.25) is 11.8 Å². The highest BCUT2D eigenvalue weighted by Crippen LogP contribution is 2.19. The van der Waals surface area contributed by atoms with Crippen LogP contribution in [-0.2, 0) is 21.9 Å². The lowest BCUT2D eigenvalue weighted by Gasteiger charge is -2.31. The van der Waals surface area contributed by atoms with Gasteiger partial charge in [-0.05, 0) is 49.9 Å². The molecule has 0 fully saturated rings. The Balaban J connectivity index is 2.14. The van der Waals surface area contributed by atoms with Crippen molar-refractivity contribution in [3.05, 3.63) is 70.2 Å². The smallest absolute Gasteiger partial charge is 0.243 e. The lowest BCUT2D eigenvalue weighted by Crippen LogP contribution is -2.51. The summed E-state index contributed by atoms with van der Waals surface area (Å²) in [6, 6.07) is 15.3. The molecule has 31 heavy (non-hydrogen) atoms. The third kappa shape index (κ3) is 8.23. The van der Waals surface area contributed by atoms with Crippen LogP contribution in [0, 0.1) is 6.92 Å². The molecule has 2 rings (SSSR count). The first-order valence-corrected chi connectivity index (χ1v) is 12.3. The van der Waals surface area contributed by atoms with E-state index in [4.69, 9.17) is 11.6 Å². The molecule has 2 aromatic carbocycles. The van der Waals surface area contributed by atoms with Gasteiger partial charge in [-0.1, -0.05) is 67.4 Å². The molecule has 2 aromatic rings. The number of nitrogens with one attached hydrogen (secondary N) is 1. The summed E-state index contributed by atoms with van der Waals surface area (Å²) in [6.45, 7) is 8.43. The second-order valence-electron chi connectivity index (χ2n) is 7.88. The van der Waals surface area contributed by atoms with Crippen molar-refractivity contribution >= 4 is 35.2 Å². The van der Waals surface area contributed by atoms with Gasteiger partial charge in [-0.15, -0.1) is 11.8 Å². The quantitative estimate of drug-likeness (QED) is 0.474. The largest absolute Gasteiger partial charge is 0.352 e. The number of thioether (sulfide) groups is 1. The molecule has 4 nitrogen and oxygen atoms in total. The Bertz CT molecular complexity index is 874. The van der Waals surface area contributed by atoms with Gasteiger partial charge in [0.25, 0.3) is 0 Å². The fraction of sp³-hybridized carbons (Fsp3) is 0.440. The van der Waals surface area contributed by atoms with Gasteiger partial charge in [-0.2, -0.15) is 0 Å². The zero-order chi connectivity index (χ0) is 22.8. The first-order valence-electron chi connectivity index (χ1n) is 10.8. The molecule has 0 heterocycles. The van der Waals surface area contributed by atoms with Crippen LogP contribution < -0.4 is 5.32 Å². The Morgan fingerprint density at radius 3 is 2.42 bits per heavy atom. The van der Waals surface area contributed by atoms with Crippen LogP contribution in [0.3, 0.4) is 0 Å². The maximum absolute atomic E-state index is 13.2. The minimum atomic E-state index is -0.492. The zero-order valence-electron chi connectivity index (χ0n) is 18.9. The average Bonchev–Trinajstić information content (AvgIpc) is 2.73. The van der Waals surface area contributed by atoms with Crippen LogP contribution in [-0.4, -0.2) is 34.6 Å². The average molecular weight is 461 g/mol. The molecule has 2 amide bonds. The van der Waals surface area contributed by atoms with Crippen molar-refractivity contribution in [2.24, 2.45) is 0 Å². The Morgan fingerprint density at radius 2 is 1.77 bits per heavy atom. The third-order valence-corrected chi connectivity index (χ3v) is 6.43. The van der Waals surface area contributed by atoms with Crippen LogP contribution in [0.15, 0.2) is 48.5 Å². The summed E-state index contributed by atoms with van der Waals surface area (Å²) in [4.78, 5) is 27.9. The molecule has 0 radical (unpaired) electrons. The summed E-state index contributed by atoms with van der Waals surface area (Å²) in [5.74, 6) is 0.892. The van der Waals surface area contributed by atoms with Gasteiger partial charge in [0.1, 0.15) is 6.04 Å². The van der Waals surface area contributed by atoms with Gasteiger partial charge in [-0.3, -0.25) is 9.59 Å². The van der Waals surface area contributed by atoms with Crippen LogP contribution in [0.2, 0.25) is 5.02 Å². The van der Waals surface area contributed by atoms with Crippen molar-refractivity contribution in [2.75, 3.05) is 5.75 Å². The van der Waals surface area contributed by atoms with Crippen LogP contribution in [0.4, 0.5) is 0 Å². The number of amides is 2. The third-order valence-electron chi connectivity index (χ3n) is 5.21. The van der Waals surface area contributed by atoms with E-state index in [1.807, 2.05) is 70.2 Å². The summed E-state index contributed by atoms with van der Waals surface area (Å²) < 4.78 is 0. The number of halogens is 1. The molecule has 0 aliphatic carbocycles. The molecule has 0 aromatic heterocycles. The molecule has 6 heteroatoms.